The van der Waals surface area contributed by atoms with Crippen LogP contribution >= 0.6 is 0 Å². The Balaban J connectivity index is 2.99. The lowest BCUT2D eigenvalue weighted by Gasteiger charge is -2.21. The number of amides is 1. The number of benzene rings is 1. The maximum absolute atomic E-state index is 11.9. The number of rotatable bonds is 3. The summed E-state index contributed by atoms with van der Waals surface area (Å²) in [6.45, 7) is 4.39. The van der Waals surface area contributed by atoms with Crippen molar-refractivity contribution < 1.29 is 18.3 Å². The summed E-state index contributed by atoms with van der Waals surface area (Å²) < 4.78 is 21.5. The number of nitrogens with one attached hydrogen (secondary N) is 1. The fourth-order valence-electron chi connectivity index (χ4n) is 1.18. The zero-order valence-electron chi connectivity index (χ0n) is 10.8. The summed E-state index contributed by atoms with van der Waals surface area (Å²) in [4.78, 5) is 11.9. The van der Waals surface area contributed by atoms with Gasteiger partial charge in [0, 0.05) is 11.9 Å². The fraction of sp³-hybridized carbons (Fsp3) is 0.417. The first-order valence-electron chi connectivity index (χ1n) is 5.36. The number of aromatic hydroxyl groups is 1. The standard InChI is InChI=1S/C12H17NO4S/c1-8-7-9(5-6-10(8)14)13-11(15)12(2,3)18(4,16)17/h5-7,14H,1-4H3,(H,13,15). The molecule has 5 nitrogen and oxygen atoms in total. The number of phenolic OH excluding ortho intramolecular Hbond substituents is 1. The van der Waals surface area contributed by atoms with Gasteiger partial charge in [0.15, 0.2) is 9.84 Å². The van der Waals surface area contributed by atoms with Crippen molar-refractivity contribution >= 4 is 21.4 Å². The summed E-state index contributed by atoms with van der Waals surface area (Å²) >= 11 is 0. The molecule has 1 amide bonds. The molecule has 0 atom stereocenters. The van der Waals surface area contributed by atoms with Gasteiger partial charge in [-0.15, -0.1) is 0 Å². The van der Waals surface area contributed by atoms with E-state index in [0.29, 0.717) is 11.3 Å². The van der Waals surface area contributed by atoms with Gasteiger partial charge in [-0.05, 0) is 44.5 Å². The average Bonchev–Trinajstić information content (AvgIpc) is 2.21. The van der Waals surface area contributed by atoms with Gasteiger partial charge in [-0.25, -0.2) is 8.42 Å². The molecule has 0 aromatic heterocycles. The maximum atomic E-state index is 11.9. The van der Waals surface area contributed by atoms with Gasteiger partial charge in [0.2, 0.25) is 5.91 Å². The van der Waals surface area contributed by atoms with Crippen molar-refractivity contribution in [2.24, 2.45) is 0 Å². The molecule has 0 unspecified atom stereocenters. The molecule has 100 valence electrons. The van der Waals surface area contributed by atoms with Crippen molar-refractivity contribution in [1.29, 1.82) is 0 Å². The summed E-state index contributed by atoms with van der Waals surface area (Å²) in [6, 6.07) is 4.53. The van der Waals surface area contributed by atoms with Crippen LogP contribution in [0.4, 0.5) is 5.69 Å². The highest BCUT2D eigenvalue weighted by molar-refractivity contribution is 7.92. The van der Waals surface area contributed by atoms with Crippen LogP contribution in [0.2, 0.25) is 0 Å². The Labute approximate surface area is 107 Å². The fourth-order valence-corrected chi connectivity index (χ4v) is 1.57. The third kappa shape index (κ3) is 2.81. The first kappa shape index (κ1) is 14.5. The van der Waals surface area contributed by atoms with Crippen LogP contribution in [0.5, 0.6) is 5.75 Å². The van der Waals surface area contributed by atoms with Gasteiger partial charge in [-0.1, -0.05) is 0 Å². The monoisotopic (exact) mass is 271 g/mol. The Morgan fingerprint density at radius 2 is 1.89 bits per heavy atom. The van der Waals surface area contributed by atoms with E-state index in [-0.39, 0.29) is 5.75 Å². The lowest BCUT2D eigenvalue weighted by Crippen LogP contribution is -2.43. The lowest BCUT2D eigenvalue weighted by molar-refractivity contribution is -0.117. The molecule has 0 aliphatic carbocycles. The van der Waals surface area contributed by atoms with Crippen LogP contribution in [0.15, 0.2) is 18.2 Å². The van der Waals surface area contributed by atoms with E-state index in [1.807, 2.05) is 0 Å². The molecule has 0 fully saturated rings. The molecule has 0 saturated heterocycles. The molecule has 1 rings (SSSR count). The molecule has 0 spiro atoms. The van der Waals surface area contributed by atoms with E-state index in [2.05, 4.69) is 5.32 Å². The van der Waals surface area contributed by atoms with E-state index in [1.54, 1.807) is 13.0 Å². The Morgan fingerprint density at radius 1 is 1.33 bits per heavy atom. The van der Waals surface area contributed by atoms with Crippen LogP contribution in [-0.2, 0) is 14.6 Å². The number of hydrogen-bond donors (Lipinski definition) is 2. The summed E-state index contributed by atoms with van der Waals surface area (Å²) in [5.41, 5.74) is 1.05. The first-order valence-corrected chi connectivity index (χ1v) is 7.25. The van der Waals surface area contributed by atoms with Gasteiger partial charge < -0.3 is 10.4 Å². The van der Waals surface area contributed by atoms with Gasteiger partial charge in [-0.2, -0.15) is 0 Å². The van der Waals surface area contributed by atoms with Crippen molar-refractivity contribution in [1.82, 2.24) is 0 Å². The molecule has 0 bridgehead atoms. The van der Waals surface area contributed by atoms with Gasteiger partial charge in [0.25, 0.3) is 0 Å². The number of anilines is 1. The minimum Gasteiger partial charge on any atom is -0.508 e. The van der Waals surface area contributed by atoms with E-state index in [0.717, 1.165) is 6.26 Å². The normalized spacial score (nSPS) is 12.2. The van der Waals surface area contributed by atoms with Crippen LogP contribution in [0.25, 0.3) is 0 Å². The summed E-state index contributed by atoms with van der Waals surface area (Å²) in [7, 11) is -3.50. The van der Waals surface area contributed by atoms with E-state index in [4.69, 9.17) is 0 Å². The van der Waals surface area contributed by atoms with Gasteiger partial charge in [-0.3, -0.25) is 4.79 Å². The third-order valence-corrected chi connectivity index (χ3v) is 4.97. The quantitative estimate of drug-likeness (QED) is 0.815. The molecule has 0 heterocycles. The Morgan fingerprint density at radius 3 is 2.33 bits per heavy atom. The van der Waals surface area contributed by atoms with E-state index in [1.165, 1.54) is 26.0 Å². The van der Waals surface area contributed by atoms with Crippen molar-refractivity contribution in [3.63, 3.8) is 0 Å². The van der Waals surface area contributed by atoms with Gasteiger partial charge in [0.1, 0.15) is 10.5 Å². The lowest BCUT2D eigenvalue weighted by atomic mass is 10.1. The Kier molecular flexibility index (Phi) is 3.71. The zero-order chi connectivity index (χ0) is 14.1. The summed E-state index contributed by atoms with van der Waals surface area (Å²) in [6.07, 6.45) is 1.02. The molecule has 0 aliphatic rings. The van der Waals surface area contributed by atoms with Crippen LogP contribution in [0.1, 0.15) is 19.4 Å². The predicted octanol–water partition coefficient (Wildman–Crippen LogP) is 1.46. The molecular weight excluding hydrogens is 254 g/mol. The number of carbonyl (C=O) groups is 1. The molecule has 18 heavy (non-hydrogen) atoms. The van der Waals surface area contributed by atoms with E-state index < -0.39 is 20.5 Å². The molecule has 0 aliphatic heterocycles. The molecular formula is C12H17NO4S. The Hall–Kier alpha value is -1.56. The minimum absolute atomic E-state index is 0.121. The number of carbonyl (C=O) groups excluding carboxylic acids is 1. The average molecular weight is 271 g/mol. The van der Waals surface area contributed by atoms with Crippen molar-refractivity contribution in [3.05, 3.63) is 23.8 Å². The first-order chi connectivity index (χ1) is 8.05. The number of sulfone groups is 1. The highest BCUT2D eigenvalue weighted by Gasteiger charge is 2.38. The number of phenols is 1. The van der Waals surface area contributed by atoms with Crippen LogP contribution in [0, 0.1) is 6.92 Å². The van der Waals surface area contributed by atoms with Crippen molar-refractivity contribution in [3.8, 4) is 5.75 Å². The number of hydrogen-bond acceptors (Lipinski definition) is 4. The largest absolute Gasteiger partial charge is 0.508 e. The minimum atomic E-state index is -3.50. The summed E-state index contributed by atoms with van der Waals surface area (Å²) in [5.74, 6) is -0.481. The summed E-state index contributed by atoms with van der Waals surface area (Å²) in [5, 5.41) is 11.9. The second-order valence-electron chi connectivity index (χ2n) is 4.74. The maximum Gasteiger partial charge on any atom is 0.245 e. The van der Waals surface area contributed by atoms with Crippen LogP contribution in [-0.4, -0.2) is 30.4 Å². The highest BCUT2D eigenvalue weighted by atomic mass is 32.2. The SMILES string of the molecule is Cc1cc(NC(=O)C(C)(C)S(C)(=O)=O)ccc1O. The molecule has 1 aromatic carbocycles. The number of aryl methyl sites for hydroxylation is 1. The molecule has 0 saturated carbocycles. The molecule has 1 aromatic rings. The highest BCUT2D eigenvalue weighted by Crippen LogP contribution is 2.22. The molecule has 0 radical (unpaired) electrons. The van der Waals surface area contributed by atoms with E-state index in [9.17, 15) is 18.3 Å². The smallest absolute Gasteiger partial charge is 0.245 e. The van der Waals surface area contributed by atoms with Crippen LogP contribution < -0.4 is 5.32 Å². The van der Waals surface area contributed by atoms with Crippen molar-refractivity contribution in [2.45, 2.75) is 25.5 Å². The second-order valence-corrected chi connectivity index (χ2v) is 7.30. The van der Waals surface area contributed by atoms with Crippen LogP contribution in [0.3, 0.4) is 0 Å². The predicted molar refractivity (Wildman–Crippen MR) is 70.4 cm³/mol. The zero-order valence-corrected chi connectivity index (χ0v) is 11.6. The van der Waals surface area contributed by atoms with E-state index >= 15 is 0 Å². The third-order valence-electron chi connectivity index (χ3n) is 2.93. The topological polar surface area (TPSA) is 83.5 Å². The van der Waals surface area contributed by atoms with Gasteiger partial charge in [0.05, 0.1) is 0 Å². The Bertz CT molecular complexity index is 576. The van der Waals surface area contributed by atoms with Crippen molar-refractivity contribution in [2.75, 3.05) is 11.6 Å². The second kappa shape index (κ2) is 4.61. The molecule has 6 heteroatoms. The van der Waals surface area contributed by atoms with Gasteiger partial charge >= 0.3 is 0 Å². The molecule has 2 N–H and O–H groups in total.